The van der Waals surface area contributed by atoms with Gasteiger partial charge in [-0.25, -0.2) is 0 Å². The molecule has 0 aliphatic rings. The molecule has 0 fully saturated rings. The highest BCUT2D eigenvalue weighted by Crippen LogP contribution is 1.94. The van der Waals surface area contributed by atoms with E-state index in [2.05, 4.69) is 18.5 Å². The van der Waals surface area contributed by atoms with Crippen LogP contribution in [0.5, 0.6) is 0 Å². The Morgan fingerprint density at radius 1 is 1.38 bits per heavy atom. The van der Waals surface area contributed by atoms with Crippen molar-refractivity contribution >= 4 is 36.7 Å². The number of hydrogen-bond acceptors (Lipinski definition) is 4. The van der Waals surface area contributed by atoms with Gasteiger partial charge in [-0.3, -0.25) is 4.79 Å². The molecule has 0 aliphatic carbocycles. The number of Topliss-reactive ketones (excluding diaryl/α,β-unsaturated/α-hetero) is 1. The molecule has 0 bridgehead atoms. The minimum absolute atomic E-state index is 0. The molecule has 0 radical (unpaired) electrons. The van der Waals surface area contributed by atoms with Crippen LogP contribution in [0.1, 0.15) is 13.8 Å². The monoisotopic (exact) mass is 248 g/mol. The molecular weight excluding hydrogens is 229 g/mol. The van der Waals surface area contributed by atoms with Crippen molar-refractivity contribution in [1.29, 1.82) is 0 Å². The zero-order chi connectivity index (χ0) is 10.3. The second kappa shape index (κ2) is 10.8. The van der Waals surface area contributed by atoms with Crippen LogP contribution in [0.2, 0.25) is 0 Å². The van der Waals surface area contributed by atoms with Gasteiger partial charge in [-0.2, -0.15) is 0 Å². The molecule has 0 rings (SSSR count). The number of hydrogen-bond donors (Lipinski definition) is 3. The molecule has 0 saturated carbocycles. The Morgan fingerprint density at radius 3 is 1.54 bits per heavy atom. The summed E-state index contributed by atoms with van der Waals surface area (Å²) >= 11 is 0. The Balaban J connectivity index is -0.000000143. The second-order valence-electron chi connectivity index (χ2n) is 2.45. The van der Waals surface area contributed by atoms with E-state index in [0.717, 1.165) is 0 Å². The van der Waals surface area contributed by atoms with Gasteiger partial charge in [0.15, 0.2) is 0 Å². The molecule has 5 atom stereocenters. The molecule has 0 aliphatic heterocycles. The summed E-state index contributed by atoms with van der Waals surface area (Å²) in [6.45, 7) is 3.11. The second-order valence-corrected chi connectivity index (χ2v) is 3.94. The number of carbonyl (C=O) groups excluding carboxylic acids is 1. The highest BCUT2D eigenvalue weighted by Gasteiger charge is 1.98. The van der Waals surface area contributed by atoms with E-state index in [4.69, 9.17) is 16.6 Å². The Kier molecular flexibility index (Phi) is 16.0. The smallest absolute Gasteiger partial charge is 0.150 e. The summed E-state index contributed by atoms with van der Waals surface area (Å²) in [4.78, 5) is 10.00. The molecule has 82 valence electrons. The van der Waals surface area contributed by atoms with Gasteiger partial charge in [0.25, 0.3) is 0 Å². The average Bonchev–Trinajstić information content (AvgIpc) is 1.88. The molecule has 0 aromatic carbocycles. The van der Waals surface area contributed by atoms with Gasteiger partial charge in [0, 0.05) is 5.78 Å². The van der Waals surface area contributed by atoms with Crippen molar-refractivity contribution in [3.63, 3.8) is 0 Å². The summed E-state index contributed by atoms with van der Waals surface area (Å²) < 4.78 is 0. The van der Waals surface area contributed by atoms with E-state index in [-0.39, 0.29) is 29.8 Å². The summed E-state index contributed by atoms with van der Waals surface area (Å²) in [6, 6.07) is 0. The van der Waals surface area contributed by atoms with E-state index >= 15 is 0 Å². The molecule has 0 spiro atoms. The SMILES string of the molecule is CC(=O)C(N)P.CC(O)C(N)P.Cl. The molecule has 13 heavy (non-hydrogen) atoms. The van der Waals surface area contributed by atoms with Gasteiger partial charge in [-0.1, -0.05) is 0 Å². The average molecular weight is 249 g/mol. The summed E-state index contributed by atoms with van der Waals surface area (Å²) in [5, 5.41) is 8.48. The number of carbonyl (C=O) groups is 1. The van der Waals surface area contributed by atoms with E-state index in [9.17, 15) is 4.79 Å². The van der Waals surface area contributed by atoms with Gasteiger partial charge in [-0.05, 0) is 13.8 Å². The fraction of sp³-hybridized carbons (Fsp3) is 0.833. The first-order valence-corrected chi connectivity index (χ1v) is 4.83. The van der Waals surface area contributed by atoms with E-state index in [1.807, 2.05) is 0 Å². The standard InChI is InChI=1S/C3H10NOP.C3H8NOP.ClH/c2*1-2(5)3(4)6;/h2-3,5H,4,6H2,1H3;3H,4,6H2,1H3;1H. The minimum Gasteiger partial charge on any atom is -0.391 e. The van der Waals surface area contributed by atoms with Crippen LogP contribution < -0.4 is 11.5 Å². The van der Waals surface area contributed by atoms with Crippen molar-refractivity contribution < 1.29 is 9.90 Å². The molecule has 4 nitrogen and oxygen atoms in total. The van der Waals surface area contributed by atoms with E-state index in [1.54, 1.807) is 6.92 Å². The highest BCUT2D eigenvalue weighted by molar-refractivity contribution is 7.19. The van der Waals surface area contributed by atoms with Crippen LogP contribution in [0.15, 0.2) is 0 Å². The molecule has 7 heteroatoms. The lowest BCUT2D eigenvalue weighted by Crippen LogP contribution is -2.24. The van der Waals surface area contributed by atoms with Crippen molar-refractivity contribution in [2.45, 2.75) is 31.5 Å². The number of nitrogens with two attached hydrogens (primary N) is 2. The number of halogens is 1. The van der Waals surface area contributed by atoms with Gasteiger partial charge < -0.3 is 16.6 Å². The predicted molar refractivity (Wildman–Crippen MR) is 65.0 cm³/mol. The normalized spacial score (nSPS) is 15.6. The highest BCUT2D eigenvalue weighted by atomic mass is 35.5. The van der Waals surface area contributed by atoms with Crippen LogP contribution in [-0.4, -0.2) is 28.6 Å². The number of aliphatic hydroxyl groups excluding tert-OH is 1. The molecule has 0 heterocycles. The predicted octanol–water partition coefficient (Wildman–Crippen LogP) is -0.316. The Morgan fingerprint density at radius 2 is 1.54 bits per heavy atom. The molecule has 0 aromatic heterocycles. The van der Waals surface area contributed by atoms with Crippen molar-refractivity contribution in [1.82, 2.24) is 0 Å². The van der Waals surface area contributed by atoms with E-state index in [0.29, 0.717) is 0 Å². The van der Waals surface area contributed by atoms with Crippen LogP contribution in [0.4, 0.5) is 0 Å². The van der Waals surface area contributed by atoms with Crippen molar-refractivity contribution in [3.05, 3.63) is 0 Å². The molecular formula is C6H19ClN2O2P2. The summed E-state index contributed by atoms with van der Waals surface area (Å²) in [7, 11) is 4.50. The maximum Gasteiger partial charge on any atom is 0.150 e. The summed E-state index contributed by atoms with van der Waals surface area (Å²) in [6.07, 6.45) is -0.407. The van der Waals surface area contributed by atoms with Crippen LogP contribution in [0.3, 0.4) is 0 Å². The van der Waals surface area contributed by atoms with Crippen LogP contribution >= 0.6 is 30.9 Å². The maximum atomic E-state index is 10.00. The molecule has 0 amide bonds. The third kappa shape index (κ3) is 19.2. The maximum absolute atomic E-state index is 10.00. The van der Waals surface area contributed by atoms with E-state index < -0.39 is 6.10 Å². The van der Waals surface area contributed by atoms with Crippen molar-refractivity contribution in [2.24, 2.45) is 11.5 Å². The van der Waals surface area contributed by atoms with E-state index in [1.165, 1.54) is 6.92 Å². The van der Waals surface area contributed by atoms with Crippen LogP contribution in [-0.2, 0) is 4.79 Å². The lowest BCUT2D eigenvalue weighted by atomic mass is 10.4. The third-order valence-electron chi connectivity index (χ3n) is 1.03. The molecule has 0 saturated heterocycles. The van der Waals surface area contributed by atoms with Crippen molar-refractivity contribution in [3.8, 4) is 0 Å². The first kappa shape index (κ1) is 19.3. The zero-order valence-corrected chi connectivity index (χ0v) is 10.9. The summed E-state index contributed by atoms with van der Waals surface area (Å²) in [5.41, 5.74) is 10.2. The fourth-order valence-electron chi connectivity index (χ4n) is 0. The van der Waals surface area contributed by atoms with Gasteiger partial charge in [-0.15, -0.1) is 30.9 Å². The topological polar surface area (TPSA) is 89.3 Å². The third-order valence-corrected chi connectivity index (χ3v) is 2.05. The van der Waals surface area contributed by atoms with Gasteiger partial charge in [0.05, 0.1) is 11.9 Å². The largest absolute Gasteiger partial charge is 0.391 e. The fourth-order valence-corrected chi connectivity index (χ4v) is 0. The Hall–Kier alpha value is 0.700. The van der Waals surface area contributed by atoms with Crippen LogP contribution in [0, 0.1) is 0 Å². The van der Waals surface area contributed by atoms with Gasteiger partial charge in [0.2, 0.25) is 0 Å². The Labute approximate surface area is 90.0 Å². The quantitative estimate of drug-likeness (QED) is 0.585. The lowest BCUT2D eigenvalue weighted by Gasteiger charge is -2.04. The first-order chi connectivity index (χ1) is 5.29. The lowest BCUT2D eigenvalue weighted by molar-refractivity contribution is -0.116. The Bertz CT molecular complexity index is 128. The number of rotatable bonds is 2. The number of aliphatic hydroxyl groups is 1. The summed E-state index contributed by atoms with van der Waals surface area (Å²) in [5.74, 6) is -0.546. The van der Waals surface area contributed by atoms with Crippen LogP contribution in [0.25, 0.3) is 0 Å². The first-order valence-electron chi connectivity index (χ1n) is 3.50. The van der Waals surface area contributed by atoms with Gasteiger partial charge >= 0.3 is 0 Å². The van der Waals surface area contributed by atoms with Gasteiger partial charge in [0.1, 0.15) is 5.78 Å². The van der Waals surface area contributed by atoms with Crippen molar-refractivity contribution in [2.75, 3.05) is 0 Å². The molecule has 0 aromatic rings. The molecule has 5 N–H and O–H groups in total. The minimum atomic E-state index is -0.407. The number of ketones is 1. The zero-order valence-electron chi connectivity index (χ0n) is 7.81. The molecule has 5 unspecified atom stereocenters.